The van der Waals surface area contributed by atoms with Crippen molar-refractivity contribution in [2.75, 3.05) is 5.75 Å². The van der Waals surface area contributed by atoms with Crippen molar-refractivity contribution in [2.24, 2.45) is 0 Å². The smallest absolute Gasteiger partial charge is 0.313 e. The predicted octanol–water partition coefficient (Wildman–Crippen LogP) is 1.64. The molecule has 0 aliphatic carbocycles. The van der Waals surface area contributed by atoms with Crippen LogP contribution in [0.4, 0.5) is 0 Å². The van der Waals surface area contributed by atoms with Gasteiger partial charge in [-0.1, -0.05) is 11.8 Å². The third-order valence-corrected chi connectivity index (χ3v) is 3.51. The second-order valence-corrected chi connectivity index (χ2v) is 5.00. The molecular weight excluding hydrogens is 268 g/mol. The number of hydrogen-bond acceptors (Lipinski definition) is 6. The molecule has 8 heteroatoms. The van der Waals surface area contributed by atoms with Crippen LogP contribution in [0.15, 0.2) is 28.0 Å². The second-order valence-electron chi connectivity index (χ2n) is 4.06. The van der Waals surface area contributed by atoms with E-state index in [0.29, 0.717) is 5.16 Å². The lowest BCUT2D eigenvalue weighted by Gasteiger charge is -2.11. The van der Waals surface area contributed by atoms with E-state index in [1.54, 1.807) is 10.9 Å². The standard InChI is InChI=1S/C11H14N4O3S/c1-8(4-5-9-3-2-6-18-9)15-11(12-13-14-15)19-7-10(16)17/h2-3,6,8H,4-5,7H2,1H3,(H,16,17). The molecule has 7 nitrogen and oxygen atoms in total. The van der Waals surface area contributed by atoms with Crippen LogP contribution >= 0.6 is 11.8 Å². The molecule has 0 spiro atoms. The second kappa shape index (κ2) is 6.37. The van der Waals surface area contributed by atoms with Gasteiger partial charge in [-0.15, -0.1) is 5.10 Å². The molecule has 19 heavy (non-hydrogen) atoms. The molecule has 2 rings (SSSR count). The molecule has 0 bridgehead atoms. The molecule has 0 fully saturated rings. The highest BCUT2D eigenvalue weighted by Gasteiger charge is 2.15. The van der Waals surface area contributed by atoms with Crippen molar-refractivity contribution in [2.45, 2.75) is 31.0 Å². The molecule has 1 unspecified atom stereocenters. The van der Waals surface area contributed by atoms with Gasteiger partial charge in [0.25, 0.3) is 0 Å². The number of carbonyl (C=O) groups is 1. The lowest BCUT2D eigenvalue weighted by atomic mass is 10.1. The van der Waals surface area contributed by atoms with Crippen LogP contribution in [-0.2, 0) is 11.2 Å². The summed E-state index contributed by atoms with van der Waals surface area (Å²) in [5.41, 5.74) is 0. The van der Waals surface area contributed by atoms with E-state index in [9.17, 15) is 4.79 Å². The molecule has 2 aromatic rings. The molecule has 0 aromatic carbocycles. The van der Waals surface area contributed by atoms with Gasteiger partial charge in [0, 0.05) is 6.42 Å². The summed E-state index contributed by atoms with van der Waals surface area (Å²) in [4.78, 5) is 10.5. The van der Waals surface area contributed by atoms with Crippen LogP contribution < -0.4 is 0 Å². The summed E-state index contributed by atoms with van der Waals surface area (Å²) in [5.74, 6) is -0.0203. The molecule has 0 amide bonds. The number of carboxylic acid groups (broad SMARTS) is 1. The first-order chi connectivity index (χ1) is 9.16. The first kappa shape index (κ1) is 13.6. The van der Waals surface area contributed by atoms with E-state index in [4.69, 9.17) is 9.52 Å². The van der Waals surface area contributed by atoms with Crippen LogP contribution in [0.5, 0.6) is 0 Å². The van der Waals surface area contributed by atoms with Crippen LogP contribution in [0.1, 0.15) is 25.1 Å². The molecule has 0 radical (unpaired) electrons. The lowest BCUT2D eigenvalue weighted by Crippen LogP contribution is -2.10. The summed E-state index contributed by atoms with van der Waals surface area (Å²) in [6.45, 7) is 1.99. The van der Waals surface area contributed by atoms with Crippen molar-refractivity contribution in [1.82, 2.24) is 20.2 Å². The van der Waals surface area contributed by atoms with E-state index in [1.165, 1.54) is 0 Å². The van der Waals surface area contributed by atoms with E-state index in [2.05, 4.69) is 15.5 Å². The summed E-state index contributed by atoms with van der Waals surface area (Å²) in [7, 11) is 0. The van der Waals surface area contributed by atoms with Crippen molar-refractivity contribution < 1.29 is 14.3 Å². The van der Waals surface area contributed by atoms with Gasteiger partial charge >= 0.3 is 5.97 Å². The van der Waals surface area contributed by atoms with Crippen LogP contribution in [0.2, 0.25) is 0 Å². The maximum absolute atomic E-state index is 10.5. The van der Waals surface area contributed by atoms with Crippen LogP contribution in [0, 0.1) is 0 Å². The SMILES string of the molecule is CC(CCc1ccco1)n1nnnc1SCC(=O)O. The third-order valence-electron chi connectivity index (χ3n) is 2.59. The van der Waals surface area contributed by atoms with Crippen molar-refractivity contribution in [3.63, 3.8) is 0 Å². The minimum atomic E-state index is -0.886. The van der Waals surface area contributed by atoms with E-state index < -0.39 is 5.97 Å². The van der Waals surface area contributed by atoms with Gasteiger partial charge in [0.15, 0.2) is 0 Å². The number of furan rings is 1. The normalized spacial score (nSPS) is 12.5. The topological polar surface area (TPSA) is 94.0 Å². The molecule has 0 aliphatic rings. The number of nitrogens with zero attached hydrogens (tertiary/aromatic N) is 4. The average molecular weight is 282 g/mol. The number of aliphatic carboxylic acids is 1. The fourth-order valence-electron chi connectivity index (χ4n) is 1.61. The Morgan fingerprint density at radius 2 is 2.47 bits per heavy atom. The molecule has 1 N–H and O–H groups in total. The Bertz CT molecular complexity index is 526. The fourth-order valence-corrected chi connectivity index (χ4v) is 2.31. The van der Waals surface area contributed by atoms with Crippen molar-refractivity contribution in [3.05, 3.63) is 24.2 Å². The highest BCUT2D eigenvalue weighted by molar-refractivity contribution is 7.99. The first-order valence-corrected chi connectivity index (χ1v) is 6.80. The largest absolute Gasteiger partial charge is 0.481 e. The van der Waals surface area contributed by atoms with Gasteiger partial charge in [-0.2, -0.15) is 0 Å². The average Bonchev–Trinajstić information content (AvgIpc) is 3.04. The fraction of sp³-hybridized carbons (Fsp3) is 0.455. The number of aryl methyl sites for hydroxylation is 1. The quantitative estimate of drug-likeness (QED) is 0.771. The Hall–Kier alpha value is -1.83. The zero-order valence-electron chi connectivity index (χ0n) is 10.4. The van der Waals surface area contributed by atoms with Crippen molar-refractivity contribution >= 4 is 17.7 Å². The Morgan fingerprint density at radius 3 is 3.16 bits per heavy atom. The zero-order valence-corrected chi connectivity index (χ0v) is 11.2. The molecular formula is C11H14N4O3S. The van der Waals surface area contributed by atoms with Gasteiger partial charge in [0.05, 0.1) is 18.1 Å². The van der Waals surface area contributed by atoms with Gasteiger partial charge in [-0.3, -0.25) is 4.79 Å². The minimum Gasteiger partial charge on any atom is -0.481 e. The molecule has 0 aliphatic heterocycles. The van der Waals surface area contributed by atoms with Crippen molar-refractivity contribution in [3.8, 4) is 0 Å². The predicted molar refractivity (Wildman–Crippen MR) is 67.9 cm³/mol. The van der Waals surface area contributed by atoms with Gasteiger partial charge in [0.1, 0.15) is 5.76 Å². The van der Waals surface area contributed by atoms with E-state index in [1.807, 2.05) is 19.1 Å². The van der Waals surface area contributed by atoms with Gasteiger partial charge in [-0.25, -0.2) is 4.68 Å². The van der Waals surface area contributed by atoms with Gasteiger partial charge in [0.2, 0.25) is 5.16 Å². The summed E-state index contributed by atoms with van der Waals surface area (Å²) in [5, 5.41) is 20.5. The number of aromatic nitrogens is 4. The molecule has 0 saturated carbocycles. The van der Waals surface area contributed by atoms with Crippen LogP contribution in [0.3, 0.4) is 0 Å². The third kappa shape index (κ3) is 3.82. The van der Waals surface area contributed by atoms with Gasteiger partial charge < -0.3 is 9.52 Å². The number of carboxylic acids is 1. The monoisotopic (exact) mass is 282 g/mol. The molecule has 1 atom stereocenters. The molecule has 2 heterocycles. The summed E-state index contributed by atoms with van der Waals surface area (Å²) >= 11 is 1.12. The first-order valence-electron chi connectivity index (χ1n) is 5.81. The van der Waals surface area contributed by atoms with Crippen LogP contribution in [-0.4, -0.2) is 37.0 Å². The Balaban J connectivity index is 1.93. The van der Waals surface area contributed by atoms with E-state index in [-0.39, 0.29) is 11.8 Å². The highest BCUT2D eigenvalue weighted by atomic mass is 32.2. The lowest BCUT2D eigenvalue weighted by molar-refractivity contribution is -0.133. The highest BCUT2D eigenvalue weighted by Crippen LogP contribution is 2.20. The summed E-state index contributed by atoms with van der Waals surface area (Å²) in [6, 6.07) is 3.86. The molecule has 0 saturated heterocycles. The van der Waals surface area contributed by atoms with Gasteiger partial charge in [-0.05, 0) is 35.9 Å². The number of tetrazole rings is 1. The zero-order chi connectivity index (χ0) is 13.7. The summed E-state index contributed by atoms with van der Waals surface area (Å²) in [6.07, 6.45) is 3.25. The van der Waals surface area contributed by atoms with Crippen molar-refractivity contribution in [1.29, 1.82) is 0 Å². The van der Waals surface area contributed by atoms with Crippen LogP contribution in [0.25, 0.3) is 0 Å². The maximum Gasteiger partial charge on any atom is 0.313 e. The molecule has 102 valence electrons. The number of rotatable bonds is 7. The Labute approximate surface area is 114 Å². The Kier molecular flexibility index (Phi) is 4.56. The molecule has 2 aromatic heterocycles. The number of thioether (sulfide) groups is 1. The maximum atomic E-state index is 10.5. The Morgan fingerprint density at radius 1 is 1.63 bits per heavy atom. The minimum absolute atomic E-state index is 0.0503. The van der Waals surface area contributed by atoms with E-state index >= 15 is 0 Å². The van der Waals surface area contributed by atoms with E-state index in [0.717, 1.165) is 30.4 Å². The number of hydrogen-bond donors (Lipinski definition) is 1. The summed E-state index contributed by atoms with van der Waals surface area (Å²) < 4.78 is 6.92.